The molecule has 2 aromatic rings. The maximum absolute atomic E-state index is 12.6. The molecule has 0 radical (unpaired) electrons. The van der Waals surface area contributed by atoms with Gasteiger partial charge in [-0.2, -0.15) is 5.10 Å². The molecule has 3 rings (SSSR count). The van der Waals surface area contributed by atoms with Crippen molar-refractivity contribution in [2.24, 2.45) is 0 Å². The van der Waals surface area contributed by atoms with E-state index in [1.165, 1.54) is 0 Å². The Balaban J connectivity index is 1.71. The number of aryl methyl sites for hydroxylation is 1. The van der Waals surface area contributed by atoms with Gasteiger partial charge in [-0.3, -0.25) is 9.89 Å². The number of piperidine rings is 1. The van der Waals surface area contributed by atoms with Crippen LogP contribution in [-0.4, -0.2) is 41.2 Å². The molecule has 1 aliphatic heterocycles. The lowest BCUT2D eigenvalue weighted by molar-refractivity contribution is 0.0706. The van der Waals surface area contributed by atoms with Crippen molar-refractivity contribution in [2.75, 3.05) is 20.2 Å². The van der Waals surface area contributed by atoms with E-state index in [1.807, 2.05) is 36.1 Å². The van der Waals surface area contributed by atoms with Gasteiger partial charge in [0.25, 0.3) is 5.91 Å². The highest BCUT2D eigenvalue weighted by Crippen LogP contribution is 2.27. The van der Waals surface area contributed by atoms with E-state index >= 15 is 0 Å². The molecule has 1 unspecified atom stereocenters. The van der Waals surface area contributed by atoms with E-state index in [0.29, 0.717) is 11.5 Å². The normalized spacial score (nSPS) is 18.3. The second kappa shape index (κ2) is 6.22. The van der Waals surface area contributed by atoms with Gasteiger partial charge >= 0.3 is 0 Å². The van der Waals surface area contributed by atoms with E-state index in [1.54, 1.807) is 7.11 Å². The van der Waals surface area contributed by atoms with E-state index in [0.717, 1.165) is 43.1 Å². The summed E-state index contributed by atoms with van der Waals surface area (Å²) in [6.45, 7) is 3.54. The number of hydrogen-bond acceptors (Lipinski definition) is 3. The number of nitrogens with zero attached hydrogens (tertiary/aromatic N) is 2. The molecule has 22 heavy (non-hydrogen) atoms. The van der Waals surface area contributed by atoms with Crippen LogP contribution < -0.4 is 4.74 Å². The average Bonchev–Trinajstić information content (AvgIpc) is 3.01. The van der Waals surface area contributed by atoms with Crippen molar-refractivity contribution in [1.82, 2.24) is 15.1 Å². The summed E-state index contributed by atoms with van der Waals surface area (Å²) >= 11 is 0. The Morgan fingerprint density at radius 3 is 2.77 bits per heavy atom. The van der Waals surface area contributed by atoms with Gasteiger partial charge in [0.05, 0.1) is 12.8 Å². The smallest absolute Gasteiger partial charge is 0.253 e. The summed E-state index contributed by atoms with van der Waals surface area (Å²) in [5, 5.41) is 7.34. The zero-order chi connectivity index (χ0) is 15.5. The van der Waals surface area contributed by atoms with Gasteiger partial charge in [0, 0.05) is 30.3 Å². The van der Waals surface area contributed by atoms with Gasteiger partial charge in [-0.05, 0) is 50.1 Å². The van der Waals surface area contributed by atoms with Crippen LogP contribution in [0.5, 0.6) is 5.75 Å². The van der Waals surface area contributed by atoms with Gasteiger partial charge in [-0.15, -0.1) is 0 Å². The van der Waals surface area contributed by atoms with Gasteiger partial charge in [-0.25, -0.2) is 0 Å². The number of nitrogens with one attached hydrogen (secondary N) is 1. The molecule has 0 aliphatic carbocycles. The number of likely N-dealkylation sites (tertiary alicyclic amines) is 1. The Morgan fingerprint density at radius 2 is 2.14 bits per heavy atom. The van der Waals surface area contributed by atoms with E-state index in [2.05, 4.69) is 16.3 Å². The highest BCUT2D eigenvalue weighted by molar-refractivity contribution is 5.94. The molecule has 1 aromatic heterocycles. The number of carbonyl (C=O) groups excluding carboxylic acids is 1. The maximum atomic E-state index is 12.6. The van der Waals surface area contributed by atoms with Gasteiger partial charge in [0.15, 0.2) is 0 Å². The van der Waals surface area contributed by atoms with E-state index in [-0.39, 0.29) is 5.91 Å². The maximum Gasteiger partial charge on any atom is 0.253 e. The number of methoxy groups -OCH3 is 1. The highest BCUT2D eigenvalue weighted by atomic mass is 16.5. The lowest BCUT2D eigenvalue weighted by Gasteiger charge is -2.32. The summed E-state index contributed by atoms with van der Waals surface area (Å²) in [6, 6.07) is 9.37. The molecule has 0 spiro atoms. The number of rotatable bonds is 3. The van der Waals surface area contributed by atoms with Crippen molar-refractivity contribution < 1.29 is 9.53 Å². The number of hydrogen-bond donors (Lipinski definition) is 1. The summed E-state index contributed by atoms with van der Waals surface area (Å²) in [4.78, 5) is 14.6. The largest absolute Gasteiger partial charge is 0.497 e. The number of carbonyl (C=O) groups is 1. The molecule has 1 amide bonds. The quantitative estimate of drug-likeness (QED) is 0.948. The number of benzene rings is 1. The second-order valence-corrected chi connectivity index (χ2v) is 5.79. The summed E-state index contributed by atoms with van der Waals surface area (Å²) in [5.41, 5.74) is 2.83. The minimum absolute atomic E-state index is 0.0830. The van der Waals surface area contributed by atoms with Gasteiger partial charge in [-0.1, -0.05) is 0 Å². The zero-order valence-electron chi connectivity index (χ0n) is 13.0. The summed E-state index contributed by atoms with van der Waals surface area (Å²) < 4.78 is 5.13. The molecular weight excluding hydrogens is 278 g/mol. The zero-order valence-corrected chi connectivity index (χ0v) is 13.0. The lowest BCUT2D eigenvalue weighted by Crippen LogP contribution is -2.39. The first-order valence-corrected chi connectivity index (χ1v) is 7.62. The number of amides is 1. The lowest BCUT2D eigenvalue weighted by atomic mass is 9.94. The molecule has 2 heterocycles. The Hall–Kier alpha value is -2.30. The van der Waals surface area contributed by atoms with Gasteiger partial charge < -0.3 is 9.64 Å². The van der Waals surface area contributed by atoms with Crippen molar-refractivity contribution in [3.05, 3.63) is 47.3 Å². The third-order valence-corrected chi connectivity index (χ3v) is 4.19. The molecule has 116 valence electrons. The molecule has 1 fully saturated rings. The van der Waals surface area contributed by atoms with Crippen molar-refractivity contribution in [3.63, 3.8) is 0 Å². The molecule has 1 aromatic carbocycles. The van der Waals surface area contributed by atoms with Crippen molar-refractivity contribution >= 4 is 5.91 Å². The van der Waals surface area contributed by atoms with Gasteiger partial charge in [0.2, 0.25) is 0 Å². The van der Waals surface area contributed by atoms with E-state index < -0.39 is 0 Å². The molecule has 1 saturated heterocycles. The summed E-state index contributed by atoms with van der Waals surface area (Å²) in [6.07, 6.45) is 2.09. The van der Waals surface area contributed by atoms with Crippen LogP contribution in [0.3, 0.4) is 0 Å². The highest BCUT2D eigenvalue weighted by Gasteiger charge is 2.26. The van der Waals surface area contributed by atoms with E-state index in [9.17, 15) is 4.79 Å². The van der Waals surface area contributed by atoms with Crippen LogP contribution in [0.15, 0.2) is 30.3 Å². The van der Waals surface area contributed by atoms with Crippen LogP contribution in [0.4, 0.5) is 0 Å². The first kappa shape index (κ1) is 14.6. The number of aromatic amines is 1. The molecule has 5 nitrogen and oxygen atoms in total. The Morgan fingerprint density at radius 1 is 1.36 bits per heavy atom. The molecule has 1 aliphatic rings. The van der Waals surface area contributed by atoms with Crippen molar-refractivity contribution in [1.29, 1.82) is 0 Å². The Kier molecular flexibility index (Phi) is 4.13. The Labute approximate surface area is 130 Å². The number of aromatic nitrogens is 2. The van der Waals surface area contributed by atoms with Crippen LogP contribution >= 0.6 is 0 Å². The minimum atomic E-state index is 0.0830. The molecule has 0 bridgehead atoms. The predicted molar refractivity (Wildman–Crippen MR) is 84.2 cm³/mol. The van der Waals surface area contributed by atoms with Crippen LogP contribution in [0, 0.1) is 6.92 Å². The fourth-order valence-electron chi connectivity index (χ4n) is 2.97. The fourth-order valence-corrected chi connectivity index (χ4v) is 2.97. The first-order chi connectivity index (χ1) is 10.7. The van der Waals surface area contributed by atoms with Crippen LogP contribution in [0.25, 0.3) is 0 Å². The van der Waals surface area contributed by atoms with Gasteiger partial charge in [0.1, 0.15) is 5.75 Å². The predicted octanol–water partition coefficient (Wildman–Crippen LogP) is 2.75. The summed E-state index contributed by atoms with van der Waals surface area (Å²) in [5.74, 6) is 1.17. The topological polar surface area (TPSA) is 58.2 Å². The molecule has 5 heteroatoms. The molecule has 0 saturated carbocycles. The standard InChI is InChI=1S/C17H21N3O2/c1-12-10-16(19-18-12)14-4-3-9-20(11-14)17(21)13-5-7-15(22-2)8-6-13/h5-8,10,14H,3-4,9,11H2,1-2H3,(H,18,19). The molecule has 1 N–H and O–H groups in total. The van der Waals surface area contributed by atoms with Crippen molar-refractivity contribution in [3.8, 4) is 5.75 Å². The minimum Gasteiger partial charge on any atom is -0.497 e. The summed E-state index contributed by atoms with van der Waals surface area (Å²) in [7, 11) is 1.62. The van der Waals surface area contributed by atoms with Crippen LogP contribution in [0.2, 0.25) is 0 Å². The second-order valence-electron chi connectivity index (χ2n) is 5.79. The number of H-pyrrole nitrogens is 1. The fraction of sp³-hybridized carbons (Fsp3) is 0.412. The first-order valence-electron chi connectivity index (χ1n) is 7.62. The van der Waals surface area contributed by atoms with Crippen molar-refractivity contribution in [2.45, 2.75) is 25.7 Å². The molecular formula is C17H21N3O2. The average molecular weight is 299 g/mol. The molecule has 1 atom stereocenters. The third kappa shape index (κ3) is 2.98. The van der Waals surface area contributed by atoms with Crippen LogP contribution in [0.1, 0.15) is 40.5 Å². The number of ether oxygens (including phenoxy) is 1. The monoisotopic (exact) mass is 299 g/mol. The third-order valence-electron chi connectivity index (χ3n) is 4.19. The SMILES string of the molecule is COc1ccc(C(=O)N2CCCC(c3cc(C)[nH]n3)C2)cc1. The Bertz CT molecular complexity index is 648. The van der Waals surface area contributed by atoms with Crippen LogP contribution in [-0.2, 0) is 0 Å². The van der Waals surface area contributed by atoms with E-state index in [4.69, 9.17) is 4.74 Å².